The first-order valence-electron chi connectivity index (χ1n) is 10.1. The van der Waals surface area contributed by atoms with Gasteiger partial charge in [0.25, 0.3) is 0 Å². The average Bonchev–Trinajstić information content (AvgIpc) is 3.17. The lowest BCUT2D eigenvalue weighted by Gasteiger charge is -2.15. The summed E-state index contributed by atoms with van der Waals surface area (Å²) in [6.45, 7) is 0.490. The molecule has 0 aliphatic carbocycles. The molecule has 4 rings (SSSR count). The van der Waals surface area contributed by atoms with Crippen LogP contribution in [0.2, 0.25) is 0 Å². The summed E-state index contributed by atoms with van der Waals surface area (Å²) in [5, 5.41) is 10.8. The Balaban J connectivity index is 1.68. The molecule has 6 N–H and O–H groups in total. The van der Waals surface area contributed by atoms with Gasteiger partial charge in [0.2, 0.25) is 16.0 Å². The van der Waals surface area contributed by atoms with Crippen molar-refractivity contribution < 1.29 is 8.42 Å². The fourth-order valence-electron chi connectivity index (χ4n) is 3.85. The van der Waals surface area contributed by atoms with Crippen molar-refractivity contribution in [3.8, 4) is 0 Å². The zero-order chi connectivity index (χ0) is 22.9. The van der Waals surface area contributed by atoms with Crippen LogP contribution < -0.4 is 26.4 Å². The molecular weight excluding hydrogens is 428 g/mol. The van der Waals surface area contributed by atoms with Crippen LogP contribution in [0, 0.1) is 0 Å². The second-order valence-electron chi connectivity index (χ2n) is 7.13. The molecule has 0 fully saturated rings. The van der Waals surface area contributed by atoms with Gasteiger partial charge in [-0.2, -0.15) is 0 Å². The van der Waals surface area contributed by atoms with E-state index in [0.29, 0.717) is 29.2 Å². The normalized spacial score (nSPS) is 11.7. The minimum absolute atomic E-state index is 0.159. The van der Waals surface area contributed by atoms with Crippen molar-refractivity contribution in [1.29, 1.82) is 0 Å². The standard InChI is InChI=1S/C21H26N8O2S/c1-23-17-18-16(19(22)28-20(17)24-2)27-21(25-3)29(18)12-11-26-32(30,31)15-10-6-8-13-7-4-5-9-14(13)15/h4-10,23,26H,11-12H2,1-3H3,(H,25,27)(H3,22,24,28). The van der Waals surface area contributed by atoms with Gasteiger partial charge in [-0.1, -0.05) is 36.4 Å². The molecule has 4 aromatic rings. The number of nitrogen functional groups attached to an aromatic ring is 1. The SMILES string of the molecule is CNc1nc(N)c2nc(NC)n(CCNS(=O)(=O)c3cccc4ccccc34)c2c1NC. The Morgan fingerprint density at radius 3 is 2.44 bits per heavy atom. The first kappa shape index (κ1) is 21.7. The minimum Gasteiger partial charge on any atom is -0.383 e. The summed E-state index contributed by atoms with van der Waals surface area (Å²) in [6.07, 6.45) is 0. The summed E-state index contributed by atoms with van der Waals surface area (Å²) in [6, 6.07) is 12.7. The van der Waals surface area contributed by atoms with Gasteiger partial charge in [-0.15, -0.1) is 0 Å². The topological polar surface area (TPSA) is 139 Å². The van der Waals surface area contributed by atoms with Crippen molar-refractivity contribution in [3.05, 3.63) is 42.5 Å². The zero-order valence-electron chi connectivity index (χ0n) is 18.1. The summed E-state index contributed by atoms with van der Waals surface area (Å²) in [5.74, 6) is 1.43. The highest BCUT2D eigenvalue weighted by Crippen LogP contribution is 2.34. The molecule has 2 heterocycles. The number of aromatic nitrogens is 3. The Hall–Kier alpha value is -3.57. The highest BCUT2D eigenvalue weighted by Gasteiger charge is 2.21. The fraction of sp³-hybridized carbons (Fsp3) is 0.238. The molecule has 168 valence electrons. The maximum absolute atomic E-state index is 13.1. The smallest absolute Gasteiger partial charge is 0.241 e. The number of nitrogens with zero attached hydrogens (tertiary/aromatic N) is 3. The summed E-state index contributed by atoms with van der Waals surface area (Å²) in [5.41, 5.74) is 8.12. The Bertz CT molecular complexity index is 1390. The molecule has 0 aliphatic heterocycles. The van der Waals surface area contributed by atoms with Gasteiger partial charge >= 0.3 is 0 Å². The van der Waals surface area contributed by atoms with E-state index < -0.39 is 10.0 Å². The minimum atomic E-state index is -3.72. The molecular formula is C21H26N8O2S. The Morgan fingerprint density at radius 1 is 0.969 bits per heavy atom. The molecule has 0 saturated heterocycles. The van der Waals surface area contributed by atoms with Crippen LogP contribution in [0.15, 0.2) is 47.4 Å². The van der Waals surface area contributed by atoms with Crippen LogP contribution in [0.25, 0.3) is 21.8 Å². The van der Waals surface area contributed by atoms with Gasteiger partial charge in [-0.3, -0.25) is 0 Å². The maximum Gasteiger partial charge on any atom is 0.241 e. The molecule has 10 nitrogen and oxygen atoms in total. The molecule has 0 spiro atoms. The number of fused-ring (bicyclic) bond motifs is 2. The third-order valence-electron chi connectivity index (χ3n) is 5.29. The number of nitrogens with two attached hydrogens (primary N) is 1. The maximum atomic E-state index is 13.1. The molecule has 0 aliphatic rings. The fourth-order valence-corrected chi connectivity index (χ4v) is 5.10. The predicted molar refractivity (Wildman–Crippen MR) is 130 cm³/mol. The second-order valence-corrected chi connectivity index (χ2v) is 8.87. The highest BCUT2D eigenvalue weighted by molar-refractivity contribution is 7.89. The molecule has 0 bridgehead atoms. The van der Waals surface area contributed by atoms with Crippen LogP contribution in [0.5, 0.6) is 0 Å². The Labute approximate surface area is 186 Å². The number of hydrogen-bond donors (Lipinski definition) is 5. The van der Waals surface area contributed by atoms with Gasteiger partial charge in [-0.05, 0) is 11.5 Å². The third-order valence-corrected chi connectivity index (χ3v) is 6.81. The first-order valence-corrected chi connectivity index (χ1v) is 11.6. The molecule has 0 atom stereocenters. The number of rotatable bonds is 8. The van der Waals surface area contributed by atoms with E-state index >= 15 is 0 Å². The first-order chi connectivity index (χ1) is 15.4. The van der Waals surface area contributed by atoms with Crippen LogP contribution in [-0.2, 0) is 16.6 Å². The quantitative estimate of drug-likeness (QED) is 0.273. The van der Waals surface area contributed by atoms with Crippen molar-refractivity contribution in [1.82, 2.24) is 19.3 Å². The number of nitrogens with one attached hydrogen (secondary N) is 4. The van der Waals surface area contributed by atoms with E-state index in [1.165, 1.54) is 0 Å². The van der Waals surface area contributed by atoms with E-state index in [9.17, 15) is 8.42 Å². The molecule has 0 saturated carbocycles. The van der Waals surface area contributed by atoms with E-state index in [1.807, 2.05) is 28.8 Å². The molecule has 0 unspecified atom stereocenters. The molecule has 2 aromatic heterocycles. The molecule has 32 heavy (non-hydrogen) atoms. The lowest BCUT2D eigenvalue weighted by molar-refractivity contribution is 0.575. The molecule has 0 amide bonds. The van der Waals surface area contributed by atoms with Crippen LogP contribution >= 0.6 is 0 Å². The number of benzene rings is 2. The van der Waals surface area contributed by atoms with E-state index in [2.05, 4.69) is 30.6 Å². The Kier molecular flexibility index (Phi) is 5.76. The van der Waals surface area contributed by atoms with E-state index in [0.717, 1.165) is 16.6 Å². The zero-order valence-corrected chi connectivity index (χ0v) is 18.9. The molecule has 11 heteroatoms. The summed E-state index contributed by atoms with van der Waals surface area (Å²) < 4.78 is 30.7. The van der Waals surface area contributed by atoms with E-state index in [4.69, 9.17) is 5.73 Å². The van der Waals surface area contributed by atoms with Crippen molar-refractivity contribution in [3.63, 3.8) is 0 Å². The summed E-state index contributed by atoms with van der Waals surface area (Å²) in [4.78, 5) is 9.16. The summed E-state index contributed by atoms with van der Waals surface area (Å²) in [7, 11) is 1.57. The number of anilines is 4. The van der Waals surface area contributed by atoms with Gasteiger partial charge in [-0.25, -0.2) is 23.1 Å². The van der Waals surface area contributed by atoms with Crippen LogP contribution in [0.3, 0.4) is 0 Å². The summed E-state index contributed by atoms with van der Waals surface area (Å²) >= 11 is 0. The second kappa shape index (κ2) is 8.52. The van der Waals surface area contributed by atoms with Crippen LogP contribution in [0.1, 0.15) is 0 Å². The van der Waals surface area contributed by atoms with Crippen molar-refractivity contribution in [2.45, 2.75) is 11.4 Å². The lowest BCUT2D eigenvalue weighted by atomic mass is 10.1. The number of pyridine rings is 1. The predicted octanol–water partition coefficient (Wildman–Crippen LogP) is 2.27. The van der Waals surface area contributed by atoms with Crippen LogP contribution in [0.4, 0.5) is 23.3 Å². The van der Waals surface area contributed by atoms with Gasteiger partial charge in [0.15, 0.2) is 11.6 Å². The monoisotopic (exact) mass is 454 g/mol. The highest BCUT2D eigenvalue weighted by atomic mass is 32.2. The lowest BCUT2D eigenvalue weighted by Crippen LogP contribution is -2.28. The Morgan fingerprint density at radius 2 is 1.72 bits per heavy atom. The molecule has 2 aromatic carbocycles. The van der Waals surface area contributed by atoms with Gasteiger partial charge in [0.05, 0.1) is 4.90 Å². The third kappa shape index (κ3) is 3.65. The van der Waals surface area contributed by atoms with E-state index in [-0.39, 0.29) is 17.3 Å². The molecule has 0 radical (unpaired) electrons. The van der Waals surface area contributed by atoms with Gasteiger partial charge < -0.3 is 26.3 Å². The largest absolute Gasteiger partial charge is 0.383 e. The van der Waals surface area contributed by atoms with Gasteiger partial charge in [0.1, 0.15) is 16.7 Å². The number of imidazole rings is 1. The van der Waals surface area contributed by atoms with Crippen LogP contribution in [-0.4, -0.2) is 50.6 Å². The average molecular weight is 455 g/mol. The van der Waals surface area contributed by atoms with Crippen molar-refractivity contribution in [2.75, 3.05) is 49.4 Å². The van der Waals surface area contributed by atoms with E-state index in [1.54, 1.807) is 39.3 Å². The number of sulfonamides is 1. The van der Waals surface area contributed by atoms with Crippen molar-refractivity contribution >= 4 is 55.1 Å². The van der Waals surface area contributed by atoms with Gasteiger partial charge in [0, 0.05) is 39.6 Å². The van der Waals surface area contributed by atoms with Crippen molar-refractivity contribution in [2.24, 2.45) is 0 Å². The number of hydrogen-bond acceptors (Lipinski definition) is 8.